The molecule has 28 heavy (non-hydrogen) atoms. The summed E-state index contributed by atoms with van der Waals surface area (Å²) < 4.78 is 18.7. The Balaban J connectivity index is 1.88. The molecule has 0 aliphatic rings. The first-order valence-corrected chi connectivity index (χ1v) is 8.66. The first-order chi connectivity index (χ1) is 13.3. The lowest BCUT2D eigenvalue weighted by molar-refractivity contribution is 0.0696. The fraction of sp³-hybridized carbons (Fsp3) is 0. The van der Waals surface area contributed by atoms with Crippen molar-refractivity contribution in [3.63, 3.8) is 0 Å². The van der Waals surface area contributed by atoms with Gasteiger partial charge in [0.1, 0.15) is 17.3 Å². The predicted molar refractivity (Wildman–Crippen MR) is 104 cm³/mol. The third-order valence-corrected chi connectivity index (χ3v) is 4.42. The van der Waals surface area contributed by atoms with Crippen LogP contribution >= 0.6 is 23.2 Å². The van der Waals surface area contributed by atoms with E-state index in [-0.39, 0.29) is 26.9 Å². The Morgan fingerprint density at radius 3 is 2.14 bits per heavy atom. The van der Waals surface area contributed by atoms with Gasteiger partial charge in [-0.05, 0) is 54.6 Å². The number of carbonyl (C=O) groups excluding carboxylic acids is 1. The molecule has 0 spiro atoms. The summed E-state index contributed by atoms with van der Waals surface area (Å²) in [5.74, 6) is -1.61. The summed E-state index contributed by atoms with van der Waals surface area (Å²) in [6.07, 6.45) is 0. The number of carbonyl (C=O) groups is 2. The van der Waals surface area contributed by atoms with Crippen LogP contribution < -0.4 is 10.1 Å². The average molecular weight is 420 g/mol. The van der Waals surface area contributed by atoms with Crippen molar-refractivity contribution < 1.29 is 23.8 Å². The Kier molecular flexibility index (Phi) is 5.82. The van der Waals surface area contributed by atoms with Crippen molar-refractivity contribution in [2.24, 2.45) is 0 Å². The summed E-state index contributed by atoms with van der Waals surface area (Å²) in [6, 6.07) is 13.6. The topological polar surface area (TPSA) is 75.6 Å². The molecule has 142 valence electrons. The van der Waals surface area contributed by atoms with Crippen LogP contribution in [0.5, 0.6) is 11.5 Å². The van der Waals surface area contributed by atoms with Crippen molar-refractivity contribution in [1.29, 1.82) is 0 Å². The maximum Gasteiger partial charge on any atom is 0.335 e. The maximum atomic E-state index is 13.1. The highest BCUT2D eigenvalue weighted by molar-refractivity contribution is 6.42. The third-order valence-electron chi connectivity index (χ3n) is 3.70. The molecule has 3 aromatic carbocycles. The van der Waals surface area contributed by atoms with Gasteiger partial charge >= 0.3 is 5.97 Å². The summed E-state index contributed by atoms with van der Waals surface area (Å²) >= 11 is 12.1. The Labute approximate surface area is 169 Å². The number of hydrogen-bond acceptors (Lipinski definition) is 3. The van der Waals surface area contributed by atoms with Crippen LogP contribution in [-0.4, -0.2) is 17.0 Å². The fourth-order valence-corrected chi connectivity index (χ4v) is 2.63. The van der Waals surface area contributed by atoms with Gasteiger partial charge in [0.05, 0.1) is 21.2 Å². The monoisotopic (exact) mass is 419 g/mol. The smallest absolute Gasteiger partial charge is 0.335 e. The van der Waals surface area contributed by atoms with Gasteiger partial charge in [0.2, 0.25) is 0 Å². The van der Waals surface area contributed by atoms with E-state index in [1.165, 1.54) is 60.7 Å². The molecule has 0 aliphatic heterocycles. The van der Waals surface area contributed by atoms with Crippen LogP contribution in [0.3, 0.4) is 0 Å². The molecule has 8 heteroatoms. The highest BCUT2D eigenvalue weighted by atomic mass is 35.5. The van der Waals surface area contributed by atoms with Crippen molar-refractivity contribution >= 4 is 40.8 Å². The number of halogens is 3. The number of anilines is 1. The highest BCUT2D eigenvalue weighted by Gasteiger charge is 2.17. The molecule has 2 N–H and O–H groups in total. The number of benzene rings is 3. The Hall–Kier alpha value is -3.09. The van der Waals surface area contributed by atoms with Crippen molar-refractivity contribution in [3.8, 4) is 11.5 Å². The van der Waals surface area contributed by atoms with E-state index < -0.39 is 17.7 Å². The van der Waals surface area contributed by atoms with Gasteiger partial charge in [-0.15, -0.1) is 0 Å². The zero-order valence-electron chi connectivity index (χ0n) is 14.1. The van der Waals surface area contributed by atoms with Crippen molar-refractivity contribution in [1.82, 2.24) is 0 Å². The van der Waals surface area contributed by atoms with Gasteiger partial charge in [-0.2, -0.15) is 0 Å². The second kappa shape index (κ2) is 8.29. The zero-order chi connectivity index (χ0) is 20.3. The van der Waals surface area contributed by atoms with E-state index >= 15 is 0 Å². The van der Waals surface area contributed by atoms with Crippen molar-refractivity contribution in [3.05, 3.63) is 87.7 Å². The van der Waals surface area contributed by atoms with Crippen LogP contribution in [0.4, 0.5) is 10.1 Å². The summed E-state index contributed by atoms with van der Waals surface area (Å²) in [6.45, 7) is 0. The lowest BCUT2D eigenvalue weighted by Crippen LogP contribution is -2.13. The van der Waals surface area contributed by atoms with Crippen LogP contribution in [0, 0.1) is 5.82 Å². The molecular weight excluding hydrogens is 408 g/mol. The lowest BCUT2D eigenvalue weighted by atomic mass is 10.1. The molecule has 0 bridgehead atoms. The largest absolute Gasteiger partial charge is 0.478 e. The van der Waals surface area contributed by atoms with E-state index in [9.17, 15) is 14.0 Å². The van der Waals surface area contributed by atoms with Gasteiger partial charge in [-0.1, -0.05) is 23.2 Å². The second-order valence-corrected chi connectivity index (χ2v) is 6.47. The van der Waals surface area contributed by atoms with Crippen LogP contribution in [0.25, 0.3) is 0 Å². The number of carboxylic acid groups (broad SMARTS) is 1. The summed E-state index contributed by atoms with van der Waals surface area (Å²) in [7, 11) is 0. The minimum Gasteiger partial charge on any atom is -0.478 e. The maximum absolute atomic E-state index is 13.1. The average Bonchev–Trinajstić information content (AvgIpc) is 2.66. The van der Waals surface area contributed by atoms with E-state index in [1.54, 1.807) is 0 Å². The summed E-state index contributed by atoms with van der Waals surface area (Å²) in [5, 5.41) is 11.9. The van der Waals surface area contributed by atoms with Gasteiger partial charge in [0, 0.05) is 11.8 Å². The molecule has 0 aliphatic carbocycles. The van der Waals surface area contributed by atoms with Crippen molar-refractivity contribution in [2.45, 2.75) is 0 Å². The molecule has 0 saturated heterocycles. The number of carboxylic acids is 1. The third kappa shape index (κ3) is 4.60. The molecule has 5 nitrogen and oxygen atoms in total. The fourth-order valence-electron chi connectivity index (χ4n) is 2.31. The van der Waals surface area contributed by atoms with E-state index in [1.807, 2.05) is 0 Å². The van der Waals surface area contributed by atoms with E-state index in [2.05, 4.69) is 5.32 Å². The molecule has 3 rings (SSSR count). The molecular formula is C20H12Cl2FNO4. The van der Waals surface area contributed by atoms with E-state index in [4.69, 9.17) is 33.0 Å². The zero-order valence-corrected chi connectivity index (χ0v) is 15.6. The lowest BCUT2D eigenvalue weighted by Gasteiger charge is -2.13. The van der Waals surface area contributed by atoms with Crippen LogP contribution in [-0.2, 0) is 0 Å². The minimum absolute atomic E-state index is 0.0906. The predicted octanol–water partition coefficient (Wildman–Crippen LogP) is 5.88. The first kappa shape index (κ1) is 19.7. The number of aromatic carboxylic acids is 1. The summed E-state index contributed by atoms with van der Waals surface area (Å²) in [4.78, 5) is 23.6. The molecule has 0 radical (unpaired) electrons. The second-order valence-electron chi connectivity index (χ2n) is 5.66. The quantitative estimate of drug-likeness (QED) is 0.541. The minimum atomic E-state index is -1.07. The molecule has 3 aromatic rings. The van der Waals surface area contributed by atoms with Gasteiger partial charge in [0.15, 0.2) is 0 Å². The van der Waals surface area contributed by atoms with E-state index in [0.29, 0.717) is 11.4 Å². The Morgan fingerprint density at radius 2 is 1.54 bits per heavy atom. The molecule has 0 aromatic heterocycles. The Morgan fingerprint density at radius 1 is 0.929 bits per heavy atom. The molecule has 1 amide bonds. The number of nitrogens with one attached hydrogen (secondary N) is 1. The molecule has 0 atom stereocenters. The van der Waals surface area contributed by atoms with E-state index in [0.717, 1.165) is 0 Å². The van der Waals surface area contributed by atoms with Crippen LogP contribution in [0.1, 0.15) is 20.7 Å². The Bertz CT molecular complexity index is 1040. The molecule has 0 unspecified atom stereocenters. The number of hydrogen-bond donors (Lipinski definition) is 2. The number of rotatable bonds is 5. The first-order valence-electron chi connectivity index (χ1n) is 7.90. The van der Waals surface area contributed by atoms with Crippen molar-refractivity contribution in [2.75, 3.05) is 5.32 Å². The van der Waals surface area contributed by atoms with Gasteiger partial charge < -0.3 is 15.2 Å². The normalized spacial score (nSPS) is 10.4. The highest BCUT2D eigenvalue weighted by Crippen LogP contribution is 2.34. The number of amides is 1. The van der Waals surface area contributed by atoms with Gasteiger partial charge in [-0.25, -0.2) is 9.18 Å². The molecule has 0 heterocycles. The van der Waals surface area contributed by atoms with Gasteiger partial charge in [-0.3, -0.25) is 4.79 Å². The van der Waals surface area contributed by atoms with Crippen LogP contribution in [0.2, 0.25) is 10.0 Å². The van der Waals surface area contributed by atoms with Gasteiger partial charge in [0.25, 0.3) is 5.91 Å². The molecule has 0 saturated carbocycles. The SMILES string of the molecule is O=C(O)c1ccc(NC(=O)c2cc(Cl)c(Cl)cc2Oc2ccc(F)cc2)cc1. The van der Waals surface area contributed by atoms with Crippen LogP contribution in [0.15, 0.2) is 60.7 Å². The summed E-state index contributed by atoms with van der Waals surface area (Å²) in [5.41, 5.74) is 0.572. The number of ether oxygens (including phenoxy) is 1. The standard InChI is InChI=1S/C20H12Cl2FNO4/c21-16-9-15(19(25)24-13-5-1-11(2-6-13)20(26)27)18(10-17(16)22)28-14-7-3-12(23)4-8-14/h1-10H,(H,24,25)(H,26,27). The molecule has 0 fully saturated rings.